The summed E-state index contributed by atoms with van der Waals surface area (Å²) < 4.78 is 26.7. The summed E-state index contributed by atoms with van der Waals surface area (Å²) in [5.41, 5.74) is 2.32. The van der Waals surface area contributed by atoms with Crippen molar-refractivity contribution in [3.63, 3.8) is 0 Å². The van der Waals surface area contributed by atoms with Gasteiger partial charge in [0.15, 0.2) is 0 Å². The van der Waals surface area contributed by atoms with Crippen molar-refractivity contribution in [1.82, 2.24) is 9.62 Å². The lowest BCUT2D eigenvalue weighted by molar-refractivity contribution is 0.0956. The molecule has 1 aliphatic heterocycles. The van der Waals surface area contributed by atoms with E-state index in [2.05, 4.69) is 5.32 Å². The molecule has 1 heterocycles. The number of sulfonamides is 1. The van der Waals surface area contributed by atoms with Crippen molar-refractivity contribution < 1.29 is 13.2 Å². The number of halogens is 1. The van der Waals surface area contributed by atoms with E-state index in [0.717, 1.165) is 41.4 Å². The fourth-order valence-electron chi connectivity index (χ4n) is 3.33. The molecule has 0 unspecified atom stereocenters. The minimum atomic E-state index is -3.30. The van der Waals surface area contributed by atoms with Gasteiger partial charge < -0.3 is 5.32 Å². The van der Waals surface area contributed by atoms with Gasteiger partial charge in [0.2, 0.25) is 10.0 Å². The second-order valence-electron chi connectivity index (χ2n) is 7.31. The van der Waals surface area contributed by atoms with Gasteiger partial charge in [-0.05, 0) is 42.2 Å². The third-order valence-corrected chi connectivity index (χ3v) is 8.25. The lowest BCUT2D eigenvalue weighted by atomic mass is 10.1. The number of carbonyl (C=O) groups is 1. The molecular weight excluding hydrogens is 440 g/mol. The third-order valence-electron chi connectivity index (χ3n) is 5.02. The van der Waals surface area contributed by atoms with Crippen LogP contribution in [0.25, 0.3) is 0 Å². The van der Waals surface area contributed by atoms with Crippen molar-refractivity contribution in [3.05, 3.63) is 70.2 Å². The van der Waals surface area contributed by atoms with Crippen molar-refractivity contribution >= 4 is 39.3 Å². The molecular formula is C22H27ClN2O3S2. The maximum absolute atomic E-state index is 12.5. The number of piperidine rings is 1. The predicted octanol–water partition coefficient (Wildman–Crippen LogP) is 4.32. The van der Waals surface area contributed by atoms with Crippen molar-refractivity contribution in [1.29, 1.82) is 0 Å². The maximum atomic E-state index is 12.5. The van der Waals surface area contributed by atoms with Gasteiger partial charge in [-0.25, -0.2) is 12.7 Å². The van der Waals surface area contributed by atoms with Gasteiger partial charge in [0, 0.05) is 41.7 Å². The molecule has 0 bridgehead atoms. The van der Waals surface area contributed by atoms with Crippen LogP contribution in [-0.4, -0.2) is 44.0 Å². The highest BCUT2D eigenvalue weighted by Crippen LogP contribution is 2.20. The van der Waals surface area contributed by atoms with Crippen molar-refractivity contribution in [2.24, 2.45) is 0 Å². The number of hydrogen-bond donors (Lipinski definition) is 1. The van der Waals surface area contributed by atoms with Crippen molar-refractivity contribution in [3.8, 4) is 0 Å². The Kier molecular flexibility index (Phi) is 8.62. The minimum Gasteiger partial charge on any atom is -0.351 e. The number of benzene rings is 2. The Balaban J connectivity index is 1.42. The molecule has 1 N–H and O–H groups in total. The molecule has 0 aliphatic carbocycles. The zero-order valence-corrected chi connectivity index (χ0v) is 19.2. The van der Waals surface area contributed by atoms with Crippen LogP contribution in [0, 0.1) is 0 Å². The molecule has 162 valence electrons. The van der Waals surface area contributed by atoms with E-state index in [4.69, 9.17) is 11.6 Å². The third kappa shape index (κ3) is 6.74. The van der Waals surface area contributed by atoms with Crippen LogP contribution in [0.5, 0.6) is 0 Å². The monoisotopic (exact) mass is 466 g/mol. The Morgan fingerprint density at radius 3 is 2.43 bits per heavy atom. The lowest BCUT2D eigenvalue weighted by Gasteiger charge is -2.25. The number of thioether (sulfide) groups is 1. The highest BCUT2D eigenvalue weighted by atomic mass is 35.5. The first-order valence-electron chi connectivity index (χ1n) is 10.1. The fraction of sp³-hybridized carbons (Fsp3) is 0.409. The molecule has 1 amide bonds. The summed E-state index contributed by atoms with van der Waals surface area (Å²) in [4.78, 5) is 12.3. The number of amides is 1. The fourth-order valence-corrected chi connectivity index (χ4v) is 6.09. The van der Waals surface area contributed by atoms with Gasteiger partial charge in [0.1, 0.15) is 0 Å². The lowest BCUT2D eigenvalue weighted by Crippen LogP contribution is -2.36. The second kappa shape index (κ2) is 11.2. The van der Waals surface area contributed by atoms with Gasteiger partial charge in [0.05, 0.1) is 5.75 Å². The molecule has 3 rings (SSSR count). The minimum absolute atomic E-state index is 0.0203. The first-order chi connectivity index (χ1) is 14.5. The average molecular weight is 467 g/mol. The van der Waals surface area contributed by atoms with Crippen LogP contribution in [0.15, 0.2) is 48.5 Å². The number of hydrogen-bond acceptors (Lipinski definition) is 4. The summed E-state index contributed by atoms with van der Waals surface area (Å²) in [6.07, 6.45) is 2.94. The molecule has 0 aromatic heterocycles. The van der Waals surface area contributed by atoms with Crippen LogP contribution in [0.4, 0.5) is 0 Å². The largest absolute Gasteiger partial charge is 0.351 e. The van der Waals surface area contributed by atoms with Crippen LogP contribution in [0.1, 0.15) is 40.7 Å². The van der Waals surface area contributed by atoms with Gasteiger partial charge in [-0.15, -0.1) is 0 Å². The molecule has 2 aromatic carbocycles. The summed E-state index contributed by atoms with van der Waals surface area (Å²) in [7, 11) is -3.30. The van der Waals surface area contributed by atoms with Crippen LogP contribution in [0.2, 0.25) is 5.02 Å². The van der Waals surface area contributed by atoms with E-state index in [1.54, 1.807) is 40.3 Å². The van der Waals surface area contributed by atoms with Gasteiger partial charge in [-0.3, -0.25) is 4.79 Å². The Morgan fingerprint density at radius 1 is 1.03 bits per heavy atom. The van der Waals surface area contributed by atoms with Gasteiger partial charge >= 0.3 is 0 Å². The summed E-state index contributed by atoms with van der Waals surface area (Å²) in [5, 5.41) is 3.66. The Bertz CT molecular complexity index is 943. The molecule has 1 fully saturated rings. The molecule has 0 saturated carbocycles. The molecule has 30 heavy (non-hydrogen) atoms. The first kappa shape index (κ1) is 23.1. The highest BCUT2D eigenvalue weighted by molar-refractivity contribution is 7.98. The summed E-state index contributed by atoms with van der Waals surface area (Å²) in [6.45, 7) is 1.77. The van der Waals surface area contributed by atoms with Gasteiger partial charge in [0.25, 0.3) is 5.91 Å². The molecule has 5 nitrogen and oxygen atoms in total. The quantitative estimate of drug-likeness (QED) is 0.559. The van der Waals surface area contributed by atoms with Gasteiger partial charge in [-0.2, -0.15) is 11.8 Å². The van der Waals surface area contributed by atoms with E-state index >= 15 is 0 Å². The zero-order valence-electron chi connectivity index (χ0n) is 16.8. The molecule has 2 aromatic rings. The van der Waals surface area contributed by atoms with Crippen LogP contribution in [0.3, 0.4) is 0 Å². The first-order valence-corrected chi connectivity index (χ1v) is 13.3. The topological polar surface area (TPSA) is 66.5 Å². The Hall–Kier alpha value is -1.54. The smallest absolute Gasteiger partial charge is 0.251 e. The van der Waals surface area contributed by atoms with Crippen LogP contribution < -0.4 is 5.32 Å². The molecule has 1 aliphatic rings. The maximum Gasteiger partial charge on any atom is 0.251 e. The SMILES string of the molecule is O=C(NCCSCc1ccccc1Cl)c1ccc(CS(=O)(=O)N2CCCCC2)cc1. The van der Waals surface area contributed by atoms with E-state index in [-0.39, 0.29) is 11.7 Å². The van der Waals surface area contributed by atoms with E-state index in [1.807, 2.05) is 24.3 Å². The number of carbonyl (C=O) groups excluding carboxylic acids is 1. The molecule has 0 spiro atoms. The van der Waals surface area contributed by atoms with Gasteiger partial charge in [-0.1, -0.05) is 48.4 Å². The normalized spacial score (nSPS) is 15.1. The highest BCUT2D eigenvalue weighted by Gasteiger charge is 2.24. The molecule has 8 heteroatoms. The molecule has 0 atom stereocenters. The summed E-state index contributed by atoms with van der Waals surface area (Å²) in [5.74, 6) is 1.41. The zero-order chi connectivity index (χ0) is 21.4. The van der Waals surface area contributed by atoms with E-state index < -0.39 is 10.0 Å². The Labute approximate surface area is 188 Å². The predicted molar refractivity (Wildman–Crippen MR) is 124 cm³/mol. The number of nitrogens with one attached hydrogen (secondary N) is 1. The standard InChI is InChI=1S/C22H27ClN2O3S2/c23-21-7-3-2-6-20(21)16-29-15-12-24-22(26)19-10-8-18(9-11-19)17-30(27,28)25-13-4-1-5-14-25/h2-3,6-11H,1,4-5,12-17H2,(H,24,26). The van der Waals surface area contributed by atoms with E-state index in [9.17, 15) is 13.2 Å². The molecule has 0 radical (unpaired) electrons. The van der Waals surface area contributed by atoms with Crippen molar-refractivity contribution in [2.75, 3.05) is 25.4 Å². The van der Waals surface area contributed by atoms with Crippen LogP contribution in [-0.2, 0) is 21.5 Å². The average Bonchev–Trinajstić information content (AvgIpc) is 2.75. The summed E-state index contributed by atoms with van der Waals surface area (Å²) >= 11 is 7.85. The number of rotatable bonds is 9. The van der Waals surface area contributed by atoms with Crippen LogP contribution >= 0.6 is 23.4 Å². The van der Waals surface area contributed by atoms with E-state index in [1.165, 1.54) is 0 Å². The second-order valence-corrected chi connectivity index (χ2v) is 10.8. The Morgan fingerprint density at radius 2 is 1.73 bits per heavy atom. The molecule has 1 saturated heterocycles. The number of nitrogens with zero attached hydrogens (tertiary/aromatic N) is 1. The summed E-state index contributed by atoms with van der Waals surface area (Å²) in [6, 6.07) is 14.6. The van der Waals surface area contributed by atoms with E-state index in [0.29, 0.717) is 30.8 Å². The van der Waals surface area contributed by atoms with Crippen molar-refractivity contribution in [2.45, 2.75) is 30.8 Å².